The second-order valence-electron chi connectivity index (χ2n) is 4.82. The Hall–Kier alpha value is -1.97. The molecule has 4 nitrogen and oxygen atoms in total. The summed E-state index contributed by atoms with van der Waals surface area (Å²) >= 11 is 0. The normalized spacial score (nSPS) is 12.5. The molecule has 20 heavy (non-hydrogen) atoms. The molecule has 1 rings (SSSR count). The van der Waals surface area contributed by atoms with Crippen molar-refractivity contribution in [1.29, 1.82) is 0 Å². The average molecular weight is 278 g/mol. The topological polar surface area (TPSA) is 66.8 Å². The van der Waals surface area contributed by atoms with Crippen LogP contribution in [0.25, 0.3) is 6.08 Å². The number of carbonyl (C=O) groups excluding carboxylic acids is 1. The molecule has 0 spiro atoms. The molecule has 4 heteroatoms. The Labute approximate surface area is 119 Å². The summed E-state index contributed by atoms with van der Waals surface area (Å²) in [6.45, 7) is 4.01. The van der Waals surface area contributed by atoms with Gasteiger partial charge in [-0.15, -0.1) is 0 Å². The summed E-state index contributed by atoms with van der Waals surface area (Å²) in [6.07, 6.45) is 6.98. The van der Waals surface area contributed by atoms with E-state index in [4.69, 9.17) is 4.74 Å². The lowest BCUT2D eigenvalue weighted by Gasteiger charge is -2.11. The van der Waals surface area contributed by atoms with Crippen LogP contribution in [0.3, 0.4) is 0 Å². The van der Waals surface area contributed by atoms with Gasteiger partial charge in [-0.1, -0.05) is 25.8 Å². The van der Waals surface area contributed by atoms with Gasteiger partial charge >= 0.3 is 5.97 Å². The van der Waals surface area contributed by atoms with Crippen LogP contribution in [0.1, 0.15) is 45.1 Å². The zero-order valence-electron chi connectivity index (χ0n) is 12.0. The number of rotatable bonds is 7. The molecule has 1 aromatic rings. The summed E-state index contributed by atoms with van der Waals surface area (Å²) < 4.78 is 5.23. The molecule has 0 saturated heterocycles. The van der Waals surface area contributed by atoms with Crippen molar-refractivity contribution >= 4 is 12.0 Å². The second-order valence-corrected chi connectivity index (χ2v) is 4.82. The van der Waals surface area contributed by atoms with Crippen LogP contribution >= 0.6 is 0 Å². The Bertz CT molecular complexity index is 466. The molecule has 0 bridgehead atoms. The number of hydrogen-bond acceptors (Lipinski definition) is 4. The lowest BCUT2D eigenvalue weighted by atomic mass is 10.1. The predicted molar refractivity (Wildman–Crippen MR) is 78.5 cm³/mol. The fourth-order valence-corrected chi connectivity index (χ4v) is 1.79. The molecule has 2 N–H and O–H groups in total. The predicted octanol–water partition coefficient (Wildman–Crippen LogP) is 3.62. The van der Waals surface area contributed by atoms with Gasteiger partial charge in [-0.3, -0.25) is 0 Å². The van der Waals surface area contributed by atoms with E-state index in [0.717, 1.165) is 25.7 Å². The molecule has 0 unspecified atom stereocenters. The van der Waals surface area contributed by atoms with E-state index in [-0.39, 0.29) is 17.6 Å². The number of carbonyl (C=O) groups is 1. The highest BCUT2D eigenvalue weighted by Gasteiger charge is 2.06. The van der Waals surface area contributed by atoms with Crippen LogP contribution < -0.4 is 0 Å². The van der Waals surface area contributed by atoms with Gasteiger partial charge in [0, 0.05) is 6.08 Å². The SMILES string of the molecule is CCCCC[C@H](C)OC(=O)/C=C/c1ccc(O)c(O)c1. The third kappa shape index (κ3) is 5.78. The fraction of sp³-hybridized carbons (Fsp3) is 0.438. The smallest absolute Gasteiger partial charge is 0.331 e. The van der Waals surface area contributed by atoms with E-state index < -0.39 is 5.97 Å². The summed E-state index contributed by atoms with van der Waals surface area (Å²) in [5, 5.41) is 18.5. The van der Waals surface area contributed by atoms with Crippen LogP contribution in [-0.4, -0.2) is 22.3 Å². The molecule has 0 fully saturated rings. The fourth-order valence-electron chi connectivity index (χ4n) is 1.79. The zero-order valence-corrected chi connectivity index (χ0v) is 12.0. The minimum absolute atomic E-state index is 0.0908. The summed E-state index contributed by atoms with van der Waals surface area (Å²) in [4.78, 5) is 11.6. The molecule has 0 radical (unpaired) electrons. The van der Waals surface area contributed by atoms with Gasteiger partial charge in [0.05, 0.1) is 6.10 Å². The van der Waals surface area contributed by atoms with Gasteiger partial charge in [-0.2, -0.15) is 0 Å². The second kappa shape index (κ2) is 8.25. The minimum Gasteiger partial charge on any atom is -0.504 e. The summed E-state index contributed by atoms with van der Waals surface area (Å²) in [7, 11) is 0. The Morgan fingerprint density at radius 3 is 2.70 bits per heavy atom. The van der Waals surface area contributed by atoms with Crippen LogP contribution in [0, 0.1) is 0 Å². The first-order chi connectivity index (χ1) is 9.52. The average Bonchev–Trinajstić information content (AvgIpc) is 2.40. The highest BCUT2D eigenvalue weighted by atomic mass is 16.5. The standard InChI is InChI=1S/C16H22O4/c1-3-4-5-6-12(2)20-16(19)10-8-13-7-9-14(17)15(18)11-13/h7-12,17-18H,3-6H2,1-2H3/b10-8+/t12-/m0/s1. The summed E-state index contributed by atoms with van der Waals surface area (Å²) in [6, 6.07) is 4.35. The quantitative estimate of drug-likeness (QED) is 0.346. The monoisotopic (exact) mass is 278 g/mol. The number of hydrogen-bond donors (Lipinski definition) is 2. The lowest BCUT2D eigenvalue weighted by Crippen LogP contribution is -2.12. The maximum absolute atomic E-state index is 11.6. The van der Waals surface area contributed by atoms with Gasteiger partial charge in [-0.05, 0) is 43.5 Å². The van der Waals surface area contributed by atoms with Crippen molar-refractivity contribution in [2.75, 3.05) is 0 Å². The molecule has 1 aromatic carbocycles. The van der Waals surface area contributed by atoms with E-state index in [1.807, 2.05) is 6.92 Å². The van der Waals surface area contributed by atoms with Gasteiger partial charge in [0.15, 0.2) is 11.5 Å². The molecule has 0 aromatic heterocycles. The number of aromatic hydroxyl groups is 2. The van der Waals surface area contributed by atoms with Crippen molar-refractivity contribution in [3.8, 4) is 11.5 Å². The molecule has 0 heterocycles. The molecule has 0 aliphatic carbocycles. The van der Waals surface area contributed by atoms with Crippen molar-refractivity contribution in [2.45, 2.75) is 45.6 Å². The molecule has 1 atom stereocenters. The van der Waals surface area contributed by atoms with E-state index >= 15 is 0 Å². The maximum Gasteiger partial charge on any atom is 0.331 e. The molecular weight excluding hydrogens is 256 g/mol. The van der Waals surface area contributed by atoms with Crippen molar-refractivity contribution < 1.29 is 19.7 Å². The van der Waals surface area contributed by atoms with Gasteiger partial charge < -0.3 is 14.9 Å². The van der Waals surface area contributed by atoms with Gasteiger partial charge in [-0.25, -0.2) is 4.79 Å². The number of phenols is 2. The Morgan fingerprint density at radius 2 is 2.05 bits per heavy atom. The number of ether oxygens (including phenoxy) is 1. The van der Waals surface area contributed by atoms with E-state index in [0.29, 0.717) is 5.56 Å². The first-order valence-corrected chi connectivity index (χ1v) is 6.93. The van der Waals surface area contributed by atoms with E-state index in [2.05, 4.69) is 6.92 Å². The third-order valence-corrected chi connectivity index (χ3v) is 2.94. The Balaban J connectivity index is 2.44. The van der Waals surface area contributed by atoms with Crippen LogP contribution in [0.5, 0.6) is 11.5 Å². The van der Waals surface area contributed by atoms with E-state index in [1.54, 1.807) is 12.1 Å². The Kier molecular flexibility index (Phi) is 6.64. The van der Waals surface area contributed by atoms with Crippen LogP contribution in [-0.2, 0) is 9.53 Å². The first kappa shape index (κ1) is 16.1. The van der Waals surface area contributed by atoms with E-state index in [9.17, 15) is 15.0 Å². The minimum atomic E-state index is -0.401. The first-order valence-electron chi connectivity index (χ1n) is 6.93. The van der Waals surface area contributed by atoms with E-state index in [1.165, 1.54) is 18.2 Å². The van der Waals surface area contributed by atoms with Crippen LogP contribution in [0.4, 0.5) is 0 Å². The van der Waals surface area contributed by atoms with Crippen LogP contribution in [0.2, 0.25) is 0 Å². The number of esters is 1. The van der Waals surface area contributed by atoms with Crippen LogP contribution in [0.15, 0.2) is 24.3 Å². The summed E-state index contributed by atoms with van der Waals surface area (Å²) in [5.74, 6) is -0.802. The number of unbranched alkanes of at least 4 members (excludes halogenated alkanes) is 2. The largest absolute Gasteiger partial charge is 0.504 e. The number of phenolic OH excluding ortho intramolecular Hbond substituents is 2. The zero-order chi connectivity index (χ0) is 15.0. The number of benzene rings is 1. The van der Waals surface area contributed by atoms with Crippen molar-refractivity contribution in [3.05, 3.63) is 29.8 Å². The molecule has 0 aliphatic heterocycles. The maximum atomic E-state index is 11.6. The van der Waals surface area contributed by atoms with Gasteiger partial charge in [0.25, 0.3) is 0 Å². The van der Waals surface area contributed by atoms with Crippen molar-refractivity contribution in [1.82, 2.24) is 0 Å². The Morgan fingerprint density at radius 1 is 1.30 bits per heavy atom. The summed E-state index contributed by atoms with van der Waals surface area (Å²) in [5.41, 5.74) is 0.621. The lowest BCUT2D eigenvalue weighted by molar-refractivity contribution is -0.142. The van der Waals surface area contributed by atoms with Gasteiger partial charge in [0.1, 0.15) is 0 Å². The molecular formula is C16H22O4. The van der Waals surface area contributed by atoms with Gasteiger partial charge in [0.2, 0.25) is 0 Å². The van der Waals surface area contributed by atoms with Crippen molar-refractivity contribution in [3.63, 3.8) is 0 Å². The molecule has 0 amide bonds. The molecule has 110 valence electrons. The molecule has 0 aliphatic rings. The van der Waals surface area contributed by atoms with Crippen molar-refractivity contribution in [2.24, 2.45) is 0 Å². The highest BCUT2D eigenvalue weighted by molar-refractivity contribution is 5.87. The highest BCUT2D eigenvalue weighted by Crippen LogP contribution is 2.25. The third-order valence-electron chi connectivity index (χ3n) is 2.94. The molecule has 0 saturated carbocycles.